The monoisotopic (exact) mass is 601 g/mol. The number of aliphatic hydroxyl groups excluding tert-OH is 1. The number of carbonyl (C=O) groups is 2. The lowest BCUT2D eigenvalue weighted by molar-refractivity contribution is -0.139. The number of benzene rings is 1. The number of likely N-dealkylation sites (N-methyl/N-ethyl adjacent to an activating group) is 1. The molecule has 40 heavy (non-hydrogen) atoms. The fraction of sp³-hybridized carbons (Fsp3) is 0.462. The average Bonchev–Trinajstić information content (AvgIpc) is 3.53. The van der Waals surface area contributed by atoms with Gasteiger partial charge in [-0.2, -0.15) is 0 Å². The number of hydrogen-bond donors (Lipinski definition) is 2. The molecule has 1 saturated heterocycles. The van der Waals surface area contributed by atoms with Crippen molar-refractivity contribution in [1.82, 2.24) is 20.1 Å². The highest BCUT2D eigenvalue weighted by Gasteiger charge is 2.46. The third-order valence-corrected chi connectivity index (χ3v) is 7.38. The van der Waals surface area contributed by atoms with Crippen molar-refractivity contribution >= 4 is 41.0 Å². The number of esters is 1. The van der Waals surface area contributed by atoms with E-state index in [1.54, 1.807) is 35.3 Å². The van der Waals surface area contributed by atoms with Crippen LogP contribution in [0.25, 0.3) is 0 Å². The molecule has 2 aliphatic rings. The summed E-state index contributed by atoms with van der Waals surface area (Å²) >= 11 is 7.69. The third-order valence-electron chi connectivity index (χ3n) is 6.27. The van der Waals surface area contributed by atoms with Gasteiger partial charge in [0.15, 0.2) is 10.8 Å². The lowest BCUT2D eigenvalue weighted by atomic mass is 9.95. The molecule has 14 heteroatoms. The van der Waals surface area contributed by atoms with Crippen LogP contribution in [0.15, 0.2) is 46.0 Å². The van der Waals surface area contributed by atoms with Crippen LogP contribution in [0.4, 0.5) is 13.2 Å². The van der Waals surface area contributed by atoms with Gasteiger partial charge in [0.25, 0.3) is 5.92 Å². The SMILES string of the molecule is CCOC(=O)C1=C(CN2CC(F)(F)CC2CN(C)CC=O)NC(c2nccs2)=N[C@H]1c1ccc(F)cc1Cl.CO. The lowest BCUT2D eigenvalue weighted by Crippen LogP contribution is -2.44. The number of rotatable bonds is 10. The van der Waals surface area contributed by atoms with E-state index in [0.29, 0.717) is 22.1 Å². The van der Waals surface area contributed by atoms with Crippen LogP contribution in [-0.2, 0) is 14.3 Å². The van der Waals surface area contributed by atoms with Gasteiger partial charge in [0.1, 0.15) is 18.1 Å². The number of aldehydes is 1. The molecule has 1 unspecified atom stereocenters. The minimum atomic E-state index is -2.95. The Labute approximate surface area is 239 Å². The minimum absolute atomic E-state index is 0.0525. The van der Waals surface area contributed by atoms with Crippen LogP contribution in [0, 0.1) is 5.82 Å². The predicted octanol–water partition coefficient (Wildman–Crippen LogP) is 3.29. The fourth-order valence-corrected chi connectivity index (χ4v) is 5.52. The molecule has 4 rings (SSSR count). The zero-order chi connectivity index (χ0) is 29.4. The Bertz CT molecular complexity index is 1240. The number of aliphatic imine (C=N–C) groups is 1. The van der Waals surface area contributed by atoms with Gasteiger partial charge in [-0.3, -0.25) is 14.8 Å². The number of halogens is 4. The molecule has 0 spiro atoms. The van der Waals surface area contributed by atoms with Crippen LogP contribution < -0.4 is 5.32 Å². The first-order valence-electron chi connectivity index (χ1n) is 12.4. The Hall–Kier alpha value is -2.84. The molecule has 0 radical (unpaired) electrons. The van der Waals surface area contributed by atoms with Crippen molar-refractivity contribution < 1.29 is 32.6 Å². The summed E-state index contributed by atoms with van der Waals surface area (Å²) in [6.07, 6.45) is 1.92. The molecule has 2 aliphatic heterocycles. The van der Waals surface area contributed by atoms with Crippen LogP contribution >= 0.6 is 22.9 Å². The second-order valence-electron chi connectivity index (χ2n) is 9.13. The Balaban J connectivity index is 0.00000216. The molecular weight excluding hydrogens is 571 g/mol. The quantitative estimate of drug-likeness (QED) is 0.316. The standard InChI is InChI=1S/C25H27ClF3N5O3S.CH4O/c1-3-37-24(36)20-19(13-34-14-25(28,29)11-16(34)12-33(2)7-8-35)31-22(23-30-6-9-38-23)32-21(20)17-5-4-15(27)10-18(17)26;1-2/h4-6,8-10,16,21H,3,7,11-14H2,1-2H3,(H,31,32);2H,1H3/t16?,21-;/m0./s1. The van der Waals surface area contributed by atoms with Crippen molar-refractivity contribution in [2.75, 3.05) is 46.9 Å². The number of aliphatic hydroxyl groups is 1. The Morgan fingerprint density at radius 2 is 2.15 bits per heavy atom. The van der Waals surface area contributed by atoms with Gasteiger partial charge < -0.3 is 20.0 Å². The van der Waals surface area contributed by atoms with E-state index in [2.05, 4.69) is 15.3 Å². The van der Waals surface area contributed by atoms with E-state index in [1.165, 1.54) is 23.5 Å². The second kappa shape index (κ2) is 14.2. The van der Waals surface area contributed by atoms with Crippen LogP contribution in [0.5, 0.6) is 0 Å². The first kappa shape index (κ1) is 31.7. The van der Waals surface area contributed by atoms with Crippen molar-refractivity contribution in [3.8, 4) is 0 Å². The number of alkyl halides is 2. The van der Waals surface area contributed by atoms with E-state index in [1.807, 2.05) is 0 Å². The molecule has 0 saturated carbocycles. The number of hydrogen-bond acceptors (Lipinski definition) is 10. The summed E-state index contributed by atoms with van der Waals surface area (Å²) in [5, 5.41) is 12.5. The van der Waals surface area contributed by atoms with Crippen LogP contribution in [0.3, 0.4) is 0 Å². The van der Waals surface area contributed by atoms with Crippen molar-refractivity contribution in [3.05, 3.63) is 62.5 Å². The molecule has 2 aromatic rings. The largest absolute Gasteiger partial charge is 0.463 e. The maximum absolute atomic E-state index is 14.6. The number of nitrogens with zero attached hydrogens (tertiary/aromatic N) is 4. The molecule has 0 bridgehead atoms. The number of aromatic nitrogens is 1. The molecular formula is C26H31ClF3N5O4S. The number of amidine groups is 1. The van der Waals surface area contributed by atoms with E-state index < -0.39 is 42.8 Å². The van der Waals surface area contributed by atoms with E-state index in [-0.39, 0.29) is 36.8 Å². The normalized spacial score (nSPS) is 20.5. The first-order valence-corrected chi connectivity index (χ1v) is 13.7. The molecule has 218 valence electrons. The first-order chi connectivity index (χ1) is 19.1. The minimum Gasteiger partial charge on any atom is -0.463 e. The fourth-order valence-electron chi connectivity index (χ4n) is 4.66. The van der Waals surface area contributed by atoms with E-state index in [9.17, 15) is 22.8 Å². The molecule has 1 fully saturated rings. The van der Waals surface area contributed by atoms with Crippen molar-refractivity contribution in [2.24, 2.45) is 4.99 Å². The predicted molar refractivity (Wildman–Crippen MR) is 146 cm³/mol. The molecule has 1 aromatic heterocycles. The number of nitrogens with one attached hydrogen (secondary N) is 1. The van der Waals surface area contributed by atoms with Crippen LogP contribution in [0.1, 0.15) is 30.0 Å². The summed E-state index contributed by atoms with van der Waals surface area (Å²) < 4.78 is 48.4. The van der Waals surface area contributed by atoms with E-state index in [4.69, 9.17) is 21.4 Å². The van der Waals surface area contributed by atoms with Gasteiger partial charge in [-0.05, 0) is 26.1 Å². The van der Waals surface area contributed by atoms with Crippen molar-refractivity contribution in [2.45, 2.75) is 31.4 Å². The summed E-state index contributed by atoms with van der Waals surface area (Å²) in [6.45, 7) is 1.48. The van der Waals surface area contributed by atoms with Crippen molar-refractivity contribution in [1.29, 1.82) is 0 Å². The molecule has 2 atom stereocenters. The maximum atomic E-state index is 14.6. The second-order valence-corrected chi connectivity index (χ2v) is 10.4. The summed E-state index contributed by atoms with van der Waals surface area (Å²) in [6, 6.07) is 2.21. The highest BCUT2D eigenvalue weighted by Crippen LogP contribution is 2.38. The summed E-state index contributed by atoms with van der Waals surface area (Å²) in [4.78, 5) is 36.4. The van der Waals surface area contributed by atoms with Crippen LogP contribution in [0.2, 0.25) is 5.02 Å². The number of thiazole rings is 1. The van der Waals surface area contributed by atoms with Gasteiger partial charge in [-0.25, -0.2) is 22.9 Å². The average molecular weight is 602 g/mol. The smallest absolute Gasteiger partial charge is 0.338 e. The molecule has 0 amide bonds. The molecule has 1 aromatic carbocycles. The lowest BCUT2D eigenvalue weighted by Gasteiger charge is -2.32. The highest BCUT2D eigenvalue weighted by atomic mass is 35.5. The summed E-state index contributed by atoms with van der Waals surface area (Å²) in [5.41, 5.74) is 0.767. The van der Waals surface area contributed by atoms with Gasteiger partial charge in [0.05, 0.1) is 25.3 Å². The molecule has 3 heterocycles. The topological polar surface area (TPSA) is 107 Å². The van der Waals surface area contributed by atoms with Gasteiger partial charge in [0.2, 0.25) is 0 Å². The van der Waals surface area contributed by atoms with E-state index in [0.717, 1.165) is 19.5 Å². The van der Waals surface area contributed by atoms with Gasteiger partial charge >= 0.3 is 5.97 Å². The Morgan fingerprint density at radius 3 is 2.77 bits per heavy atom. The molecule has 2 N–H and O–H groups in total. The van der Waals surface area contributed by atoms with Gasteiger partial charge in [-0.1, -0.05) is 17.7 Å². The van der Waals surface area contributed by atoms with E-state index >= 15 is 0 Å². The van der Waals surface area contributed by atoms with Crippen LogP contribution in [-0.4, -0.2) is 96.9 Å². The zero-order valence-corrected chi connectivity index (χ0v) is 23.8. The Morgan fingerprint density at radius 1 is 1.40 bits per heavy atom. The number of ether oxygens (including phenoxy) is 1. The third kappa shape index (κ3) is 7.67. The Kier molecular flexibility index (Phi) is 11.2. The number of likely N-dealkylation sites (tertiary alicyclic amines) is 1. The molecule has 9 nitrogen and oxygen atoms in total. The maximum Gasteiger partial charge on any atom is 0.338 e. The van der Waals surface area contributed by atoms with Gasteiger partial charge in [0, 0.05) is 60.5 Å². The van der Waals surface area contributed by atoms with Crippen molar-refractivity contribution in [3.63, 3.8) is 0 Å². The summed E-state index contributed by atoms with van der Waals surface area (Å²) in [5.74, 6) is -3.87. The zero-order valence-electron chi connectivity index (χ0n) is 22.2. The summed E-state index contributed by atoms with van der Waals surface area (Å²) in [7, 11) is 2.69. The number of carbonyl (C=O) groups excluding carboxylic acids is 2. The van der Waals surface area contributed by atoms with Gasteiger partial charge in [-0.15, -0.1) is 11.3 Å². The highest BCUT2D eigenvalue weighted by molar-refractivity contribution is 7.11. The molecule has 0 aliphatic carbocycles.